The minimum Gasteiger partial charge on any atom is -0.390 e. The summed E-state index contributed by atoms with van der Waals surface area (Å²) in [4.78, 5) is 0. The van der Waals surface area contributed by atoms with Crippen molar-refractivity contribution in [2.75, 3.05) is 13.2 Å². The van der Waals surface area contributed by atoms with Crippen LogP contribution in [0.5, 0.6) is 0 Å². The zero-order valence-electron chi connectivity index (χ0n) is 10.4. The Kier molecular flexibility index (Phi) is 5.32. The maximum Gasteiger partial charge on any atom is 0.0847 e. The Morgan fingerprint density at radius 3 is 3.05 bits per heavy atom. The molecule has 0 aliphatic heterocycles. The molecule has 1 aromatic heterocycles. The van der Waals surface area contributed by atoms with Gasteiger partial charge in [-0.05, 0) is 17.7 Å². The van der Waals surface area contributed by atoms with Crippen molar-refractivity contribution in [2.24, 2.45) is 0 Å². The van der Waals surface area contributed by atoms with Gasteiger partial charge in [0.25, 0.3) is 0 Å². The van der Waals surface area contributed by atoms with Crippen molar-refractivity contribution in [1.29, 1.82) is 0 Å². The van der Waals surface area contributed by atoms with Crippen molar-refractivity contribution in [3.8, 4) is 0 Å². The summed E-state index contributed by atoms with van der Waals surface area (Å²) in [5.41, 5.74) is 1.85. The number of aliphatic hydroxyl groups is 1. The number of aliphatic hydroxyl groups excluding tert-OH is 1. The molecule has 0 radical (unpaired) electrons. The third kappa shape index (κ3) is 4.98. The summed E-state index contributed by atoms with van der Waals surface area (Å²) >= 11 is 5.88. The number of benzene rings is 1. The fourth-order valence-corrected chi connectivity index (χ4v) is 1.95. The number of hydrogen-bond acceptors (Lipinski definition) is 4. The lowest BCUT2D eigenvalue weighted by atomic mass is 10.1. The van der Waals surface area contributed by atoms with E-state index >= 15 is 0 Å². The van der Waals surface area contributed by atoms with Crippen molar-refractivity contribution in [3.63, 3.8) is 0 Å². The minimum atomic E-state index is -0.532. The van der Waals surface area contributed by atoms with Crippen LogP contribution in [-0.4, -0.2) is 39.8 Å². The summed E-state index contributed by atoms with van der Waals surface area (Å²) in [6.07, 6.45) is 2.34. The summed E-state index contributed by atoms with van der Waals surface area (Å²) in [5, 5.41) is 20.7. The van der Waals surface area contributed by atoms with Gasteiger partial charge in [0.15, 0.2) is 0 Å². The first-order valence-corrected chi connectivity index (χ1v) is 6.47. The van der Waals surface area contributed by atoms with Gasteiger partial charge in [0.2, 0.25) is 0 Å². The van der Waals surface area contributed by atoms with E-state index in [1.807, 2.05) is 24.3 Å². The average Bonchev–Trinajstić information content (AvgIpc) is 2.88. The van der Waals surface area contributed by atoms with Gasteiger partial charge in [0, 0.05) is 17.9 Å². The smallest absolute Gasteiger partial charge is 0.0847 e. The number of H-pyrrole nitrogens is 1. The number of nitrogens with zero attached hydrogens (tertiary/aromatic N) is 2. The topological polar surface area (TPSA) is 71.0 Å². The Bertz CT molecular complexity index is 490. The molecule has 2 rings (SSSR count). The Morgan fingerprint density at radius 2 is 2.32 bits per heavy atom. The molecule has 1 aromatic carbocycles. The zero-order chi connectivity index (χ0) is 13.5. The van der Waals surface area contributed by atoms with Crippen molar-refractivity contribution < 1.29 is 9.84 Å². The number of nitrogens with one attached hydrogen (secondary N) is 1. The molecule has 0 aliphatic rings. The standard InChI is InChI=1S/C13H16ClN3O2/c14-11-3-1-2-10(6-11)7-13(18)9-19-5-4-12-8-15-17-16-12/h1-3,6,8,13,18H,4-5,7,9H2,(H,15,16,17). The van der Waals surface area contributed by atoms with Crippen molar-refractivity contribution >= 4 is 11.6 Å². The predicted molar refractivity (Wildman–Crippen MR) is 72.1 cm³/mol. The summed E-state index contributed by atoms with van der Waals surface area (Å²) < 4.78 is 5.41. The molecule has 1 atom stereocenters. The Hall–Kier alpha value is -1.43. The van der Waals surface area contributed by atoms with E-state index in [-0.39, 0.29) is 0 Å². The molecule has 6 heteroatoms. The first-order valence-electron chi connectivity index (χ1n) is 6.09. The van der Waals surface area contributed by atoms with Crippen LogP contribution in [0.15, 0.2) is 30.5 Å². The largest absolute Gasteiger partial charge is 0.390 e. The first kappa shape index (κ1) is 14.0. The van der Waals surface area contributed by atoms with E-state index in [4.69, 9.17) is 16.3 Å². The minimum absolute atomic E-state index is 0.296. The number of aromatic nitrogens is 3. The molecule has 0 fully saturated rings. The summed E-state index contributed by atoms with van der Waals surface area (Å²) in [7, 11) is 0. The fraction of sp³-hybridized carbons (Fsp3) is 0.385. The molecule has 2 aromatic rings. The summed E-state index contributed by atoms with van der Waals surface area (Å²) in [6, 6.07) is 7.46. The SMILES string of the molecule is OC(COCCc1cn[nH]n1)Cc1cccc(Cl)c1. The lowest BCUT2D eigenvalue weighted by Gasteiger charge is -2.11. The van der Waals surface area contributed by atoms with E-state index in [9.17, 15) is 5.11 Å². The number of aromatic amines is 1. The zero-order valence-corrected chi connectivity index (χ0v) is 11.2. The first-order chi connectivity index (χ1) is 9.24. The van der Waals surface area contributed by atoms with Crippen LogP contribution in [0.4, 0.5) is 0 Å². The fourth-order valence-electron chi connectivity index (χ4n) is 1.74. The summed E-state index contributed by atoms with van der Waals surface area (Å²) in [5.74, 6) is 0. The second kappa shape index (κ2) is 7.23. The van der Waals surface area contributed by atoms with Gasteiger partial charge in [-0.15, -0.1) is 0 Å². The predicted octanol–water partition coefficient (Wildman–Crippen LogP) is 1.62. The van der Waals surface area contributed by atoms with Gasteiger partial charge in [-0.2, -0.15) is 15.4 Å². The van der Waals surface area contributed by atoms with Crippen LogP contribution in [-0.2, 0) is 17.6 Å². The van der Waals surface area contributed by atoms with Gasteiger partial charge in [0.05, 0.1) is 31.2 Å². The maximum atomic E-state index is 9.85. The van der Waals surface area contributed by atoms with Crippen molar-refractivity contribution in [3.05, 3.63) is 46.7 Å². The quantitative estimate of drug-likeness (QED) is 0.757. The highest BCUT2D eigenvalue weighted by atomic mass is 35.5. The number of ether oxygens (including phenoxy) is 1. The van der Waals surface area contributed by atoms with Gasteiger partial charge in [-0.1, -0.05) is 23.7 Å². The molecule has 0 saturated carbocycles. The molecule has 2 N–H and O–H groups in total. The van der Waals surface area contributed by atoms with Crippen molar-refractivity contribution in [2.45, 2.75) is 18.9 Å². The van der Waals surface area contributed by atoms with Crippen LogP contribution in [0.1, 0.15) is 11.3 Å². The van der Waals surface area contributed by atoms with Crippen LogP contribution >= 0.6 is 11.6 Å². The lowest BCUT2D eigenvalue weighted by molar-refractivity contribution is 0.0382. The van der Waals surface area contributed by atoms with E-state index in [0.717, 1.165) is 11.3 Å². The third-order valence-corrected chi connectivity index (χ3v) is 2.87. The Labute approximate surface area is 116 Å². The number of rotatable bonds is 7. The highest BCUT2D eigenvalue weighted by Crippen LogP contribution is 2.12. The van der Waals surface area contributed by atoms with Gasteiger partial charge < -0.3 is 9.84 Å². The number of hydrogen-bond donors (Lipinski definition) is 2. The van der Waals surface area contributed by atoms with Crippen LogP contribution < -0.4 is 0 Å². The van der Waals surface area contributed by atoms with E-state index in [0.29, 0.717) is 31.1 Å². The number of halogens is 1. The molecule has 0 amide bonds. The van der Waals surface area contributed by atoms with Crippen molar-refractivity contribution in [1.82, 2.24) is 15.4 Å². The maximum absolute atomic E-state index is 9.85. The summed E-state index contributed by atoms with van der Waals surface area (Å²) in [6.45, 7) is 0.809. The van der Waals surface area contributed by atoms with E-state index in [2.05, 4.69) is 15.4 Å². The van der Waals surface area contributed by atoms with Crippen LogP contribution in [0, 0.1) is 0 Å². The molecular formula is C13H16ClN3O2. The molecule has 0 saturated heterocycles. The van der Waals surface area contributed by atoms with E-state index in [1.54, 1.807) is 6.20 Å². The monoisotopic (exact) mass is 281 g/mol. The second-order valence-corrected chi connectivity index (χ2v) is 4.71. The Balaban J connectivity index is 1.65. The molecule has 0 aliphatic carbocycles. The van der Waals surface area contributed by atoms with Gasteiger partial charge in [-0.3, -0.25) is 0 Å². The lowest BCUT2D eigenvalue weighted by Crippen LogP contribution is -2.19. The van der Waals surface area contributed by atoms with Crippen LogP contribution in [0.25, 0.3) is 0 Å². The molecule has 0 spiro atoms. The van der Waals surface area contributed by atoms with Crippen LogP contribution in [0.3, 0.4) is 0 Å². The van der Waals surface area contributed by atoms with Gasteiger partial charge >= 0.3 is 0 Å². The molecule has 1 unspecified atom stereocenters. The van der Waals surface area contributed by atoms with Gasteiger partial charge in [-0.25, -0.2) is 0 Å². The normalized spacial score (nSPS) is 12.5. The van der Waals surface area contributed by atoms with E-state index in [1.165, 1.54) is 0 Å². The molecule has 1 heterocycles. The van der Waals surface area contributed by atoms with Gasteiger partial charge in [0.1, 0.15) is 0 Å². The molecular weight excluding hydrogens is 266 g/mol. The molecule has 5 nitrogen and oxygen atoms in total. The Morgan fingerprint density at radius 1 is 1.42 bits per heavy atom. The highest BCUT2D eigenvalue weighted by Gasteiger charge is 2.06. The molecule has 19 heavy (non-hydrogen) atoms. The third-order valence-electron chi connectivity index (χ3n) is 2.64. The highest BCUT2D eigenvalue weighted by molar-refractivity contribution is 6.30. The molecule has 102 valence electrons. The van der Waals surface area contributed by atoms with Crippen LogP contribution in [0.2, 0.25) is 5.02 Å². The average molecular weight is 282 g/mol. The molecule has 0 bridgehead atoms. The second-order valence-electron chi connectivity index (χ2n) is 4.27. The van der Waals surface area contributed by atoms with E-state index < -0.39 is 6.10 Å².